The molecule has 2 aliphatic heterocycles. The molecule has 5 rings (SSSR count). The van der Waals surface area contributed by atoms with Gasteiger partial charge >= 0.3 is 6.09 Å². The molecule has 51 heavy (non-hydrogen) atoms. The van der Waals surface area contributed by atoms with Crippen LogP contribution >= 0.6 is 11.6 Å². The number of imidazole rings is 1. The molecule has 1 fully saturated rings. The summed E-state index contributed by atoms with van der Waals surface area (Å²) in [6.45, 7) is 11.7. The number of nitrogens with zero attached hydrogens (tertiary/aromatic N) is 5. The lowest BCUT2D eigenvalue weighted by atomic mass is 9.75. The molecule has 1 saturated heterocycles. The van der Waals surface area contributed by atoms with Gasteiger partial charge in [-0.05, 0) is 63.4 Å². The van der Waals surface area contributed by atoms with Crippen LogP contribution in [0.2, 0.25) is 5.02 Å². The van der Waals surface area contributed by atoms with Crippen molar-refractivity contribution in [3.8, 4) is 12.3 Å². The maximum absolute atomic E-state index is 14.2. The highest BCUT2D eigenvalue weighted by molar-refractivity contribution is 6.31. The Morgan fingerprint density at radius 2 is 1.59 bits per heavy atom. The SMILES string of the molecule is C#CCOCCOCCOCCOCCOCCCCn1c(CN2C(=O)C3(CN(C(=O)OC(C)(C)C)C3)c3ccncc32)nc2cc(Cl)ccc21. The van der Waals surface area contributed by atoms with E-state index in [1.807, 2.05) is 45.0 Å². The number of anilines is 1. The van der Waals surface area contributed by atoms with Crippen molar-refractivity contribution in [3.05, 3.63) is 53.1 Å². The predicted molar refractivity (Wildman–Crippen MR) is 192 cm³/mol. The Labute approximate surface area is 304 Å². The number of terminal acetylenes is 1. The minimum Gasteiger partial charge on any atom is -0.444 e. The van der Waals surface area contributed by atoms with Crippen LogP contribution in [-0.4, -0.2) is 116 Å². The number of hydrogen-bond acceptors (Lipinski definition) is 10. The third-order valence-corrected chi connectivity index (χ3v) is 8.75. The minimum atomic E-state index is -0.836. The first kappa shape index (κ1) is 38.5. The number of aromatic nitrogens is 3. The molecule has 0 aliphatic carbocycles. The molecule has 276 valence electrons. The van der Waals surface area contributed by atoms with Gasteiger partial charge in [0.2, 0.25) is 5.91 Å². The average molecular weight is 726 g/mol. The van der Waals surface area contributed by atoms with Gasteiger partial charge in [-0.15, -0.1) is 6.42 Å². The first-order valence-corrected chi connectivity index (χ1v) is 17.7. The summed E-state index contributed by atoms with van der Waals surface area (Å²) >= 11 is 6.33. The zero-order chi connectivity index (χ0) is 36.3. The van der Waals surface area contributed by atoms with Gasteiger partial charge in [0.1, 0.15) is 23.4 Å². The van der Waals surface area contributed by atoms with Crippen molar-refractivity contribution >= 4 is 40.3 Å². The van der Waals surface area contributed by atoms with Crippen LogP contribution in [0.4, 0.5) is 10.5 Å². The van der Waals surface area contributed by atoms with E-state index in [0.29, 0.717) is 77.6 Å². The van der Waals surface area contributed by atoms with Gasteiger partial charge in [-0.25, -0.2) is 9.78 Å². The summed E-state index contributed by atoms with van der Waals surface area (Å²) in [7, 11) is 0. The number of carbonyl (C=O) groups is 2. The molecule has 0 bridgehead atoms. The van der Waals surface area contributed by atoms with Crippen LogP contribution in [-0.2, 0) is 51.7 Å². The number of pyridine rings is 1. The molecule has 2 aliphatic rings. The number of rotatable bonds is 20. The van der Waals surface area contributed by atoms with Crippen LogP contribution in [0.15, 0.2) is 36.7 Å². The van der Waals surface area contributed by atoms with Gasteiger partial charge in [0.05, 0.1) is 82.3 Å². The molecule has 0 saturated carbocycles. The van der Waals surface area contributed by atoms with Crippen molar-refractivity contribution < 1.29 is 38.0 Å². The van der Waals surface area contributed by atoms with Crippen molar-refractivity contribution in [2.45, 2.75) is 57.7 Å². The third-order valence-electron chi connectivity index (χ3n) is 8.52. The lowest BCUT2D eigenvalue weighted by molar-refractivity contribution is -0.129. The van der Waals surface area contributed by atoms with E-state index in [9.17, 15) is 9.59 Å². The van der Waals surface area contributed by atoms with Crippen molar-refractivity contribution in [2.75, 3.05) is 84.1 Å². The summed E-state index contributed by atoms with van der Waals surface area (Å²) in [6.07, 6.45) is 9.78. The van der Waals surface area contributed by atoms with Crippen molar-refractivity contribution in [2.24, 2.45) is 0 Å². The van der Waals surface area contributed by atoms with Crippen LogP contribution in [0.3, 0.4) is 0 Å². The van der Waals surface area contributed by atoms with E-state index in [4.69, 9.17) is 51.4 Å². The van der Waals surface area contributed by atoms with Gasteiger partial charge in [0.25, 0.3) is 0 Å². The molecule has 2 aromatic heterocycles. The second-order valence-corrected chi connectivity index (χ2v) is 13.9. The Bertz CT molecular complexity index is 1660. The zero-order valence-corrected chi connectivity index (χ0v) is 30.5. The van der Waals surface area contributed by atoms with Gasteiger partial charge in [0.15, 0.2) is 0 Å². The largest absolute Gasteiger partial charge is 0.444 e. The van der Waals surface area contributed by atoms with Gasteiger partial charge in [0, 0.05) is 37.5 Å². The molecule has 0 N–H and O–H groups in total. The number of unbranched alkanes of at least 4 members (excludes halogenated alkanes) is 1. The molecular weight excluding hydrogens is 678 g/mol. The lowest BCUT2D eigenvalue weighted by Crippen LogP contribution is -2.65. The van der Waals surface area contributed by atoms with Gasteiger partial charge in [-0.3, -0.25) is 9.78 Å². The van der Waals surface area contributed by atoms with Crippen LogP contribution in [0, 0.1) is 12.3 Å². The summed E-state index contributed by atoms with van der Waals surface area (Å²) in [5.41, 5.74) is 1.85. The number of carbonyl (C=O) groups excluding carboxylic acids is 2. The Morgan fingerprint density at radius 3 is 2.24 bits per heavy atom. The summed E-state index contributed by atoms with van der Waals surface area (Å²) in [5.74, 6) is 3.08. The van der Waals surface area contributed by atoms with Crippen molar-refractivity contribution in [1.29, 1.82) is 0 Å². The number of hydrogen-bond donors (Lipinski definition) is 0. The Kier molecular flexibility index (Phi) is 13.7. The van der Waals surface area contributed by atoms with Crippen LogP contribution in [0.25, 0.3) is 11.0 Å². The summed E-state index contributed by atoms with van der Waals surface area (Å²) < 4.78 is 35.1. The van der Waals surface area contributed by atoms with Crippen LogP contribution in [0.1, 0.15) is 45.0 Å². The molecule has 1 spiro atoms. The van der Waals surface area contributed by atoms with Gasteiger partial charge < -0.3 is 42.8 Å². The number of ether oxygens (including phenoxy) is 6. The molecule has 14 heteroatoms. The van der Waals surface area contributed by atoms with Crippen LogP contribution < -0.4 is 4.90 Å². The fourth-order valence-corrected chi connectivity index (χ4v) is 6.33. The van der Waals surface area contributed by atoms with E-state index in [1.54, 1.807) is 22.2 Å². The normalized spacial score (nSPS) is 15.0. The maximum atomic E-state index is 14.2. The molecule has 3 aromatic rings. The molecule has 0 unspecified atom stereocenters. The highest BCUT2D eigenvalue weighted by Gasteiger charge is 2.60. The molecule has 0 radical (unpaired) electrons. The second kappa shape index (κ2) is 18.1. The van der Waals surface area contributed by atoms with Crippen molar-refractivity contribution in [1.82, 2.24) is 19.4 Å². The van der Waals surface area contributed by atoms with Gasteiger partial charge in [-0.1, -0.05) is 17.5 Å². The standard InChI is InChI=1S/C37H48ClN5O8/c1-5-13-46-15-17-48-19-21-50-22-20-49-18-16-47-14-7-6-12-42-31-9-8-28(38)23-30(31)40-33(42)25-43-32-24-39-11-10-29(32)37(34(43)44)26-41(27-37)35(45)51-36(2,3)4/h1,8-11,23-24H,6-7,12-22,25-27H2,2-4H3. The molecule has 0 atom stereocenters. The highest BCUT2D eigenvalue weighted by atomic mass is 35.5. The van der Waals surface area contributed by atoms with E-state index in [2.05, 4.69) is 15.5 Å². The molecule has 13 nitrogen and oxygen atoms in total. The monoisotopic (exact) mass is 725 g/mol. The zero-order valence-electron chi connectivity index (χ0n) is 29.7. The lowest BCUT2D eigenvalue weighted by Gasteiger charge is -2.46. The molecule has 2 amide bonds. The topological polar surface area (TPSA) is 127 Å². The van der Waals surface area contributed by atoms with E-state index < -0.39 is 17.1 Å². The van der Waals surface area contributed by atoms with Crippen LogP contribution in [0.5, 0.6) is 0 Å². The Hall–Kier alpha value is -3.77. The summed E-state index contributed by atoms with van der Waals surface area (Å²) in [6, 6.07) is 7.53. The number of aryl methyl sites for hydroxylation is 1. The first-order valence-electron chi connectivity index (χ1n) is 17.3. The first-order chi connectivity index (χ1) is 24.6. The quantitative estimate of drug-likeness (QED) is 0.120. The van der Waals surface area contributed by atoms with E-state index >= 15 is 0 Å². The number of amides is 2. The molecular formula is C37H48ClN5O8. The summed E-state index contributed by atoms with van der Waals surface area (Å²) in [5, 5.41) is 0.593. The van der Waals surface area contributed by atoms with Crippen molar-refractivity contribution in [3.63, 3.8) is 0 Å². The minimum absolute atomic E-state index is 0.0727. The fourth-order valence-electron chi connectivity index (χ4n) is 6.16. The number of benzene rings is 1. The highest BCUT2D eigenvalue weighted by Crippen LogP contribution is 2.48. The molecule has 4 heterocycles. The van der Waals surface area contributed by atoms with E-state index in [-0.39, 0.29) is 25.5 Å². The summed E-state index contributed by atoms with van der Waals surface area (Å²) in [4.78, 5) is 39.5. The Balaban J connectivity index is 1.08. The maximum Gasteiger partial charge on any atom is 0.410 e. The van der Waals surface area contributed by atoms with E-state index in [1.165, 1.54) is 0 Å². The fraction of sp³-hybridized carbons (Fsp3) is 0.568. The number of fused-ring (bicyclic) bond motifs is 3. The predicted octanol–water partition coefficient (Wildman–Crippen LogP) is 4.62. The van der Waals surface area contributed by atoms with E-state index in [0.717, 1.165) is 41.0 Å². The third kappa shape index (κ3) is 9.97. The second-order valence-electron chi connectivity index (χ2n) is 13.4. The smallest absolute Gasteiger partial charge is 0.410 e. The Morgan fingerprint density at radius 1 is 0.941 bits per heavy atom. The molecule has 1 aromatic carbocycles. The number of likely N-dealkylation sites (tertiary alicyclic amines) is 1. The average Bonchev–Trinajstić information content (AvgIpc) is 3.53. The van der Waals surface area contributed by atoms with Gasteiger partial charge in [-0.2, -0.15) is 0 Å². The number of halogens is 1.